The zero-order chi connectivity index (χ0) is 12.4. The molecule has 0 atom stereocenters. The van der Waals surface area contributed by atoms with Crippen molar-refractivity contribution in [1.82, 2.24) is 0 Å². The summed E-state index contributed by atoms with van der Waals surface area (Å²) in [6.07, 6.45) is -5.86. The second kappa shape index (κ2) is 4.32. The fraction of sp³-hybridized carbons (Fsp3) is 0.167. The highest BCUT2D eigenvalue weighted by molar-refractivity contribution is 5.85. The average Bonchev–Trinajstić information content (AvgIpc) is 2.11. The second-order valence-electron chi connectivity index (χ2n) is 2.06. The Morgan fingerprint density at radius 3 is 1.53 bits per heavy atom. The molecule has 0 aliphatic heterocycles. The van der Waals surface area contributed by atoms with Crippen LogP contribution in [0, 0.1) is 0 Å². The first-order valence-electron chi connectivity index (χ1n) is 3.00. The molecule has 15 heavy (non-hydrogen) atoms. The van der Waals surface area contributed by atoms with Crippen LogP contribution in [0.4, 0.5) is 30.7 Å². The minimum Gasteiger partial charge on any atom is -0.476 e. The van der Waals surface area contributed by atoms with E-state index in [0.29, 0.717) is 0 Å². The van der Waals surface area contributed by atoms with Crippen molar-refractivity contribution < 1.29 is 40.6 Å². The zero-order valence-electron chi connectivity index (χ0n) is 6.50. The minimum absolute atomic E-state index is 2.65. The van der Waals surface area contributed by atoms with Crippen LogP contribution in [0.25, 0.3) is 0 Å². The molecule has 0 radical (unpaired) electrons. The maximum atomic E-state index is 12.2. The van der Waals surface area contributed by atoms with E-state index in [2.05, 4.69) is 0 Å². The van der Waals surface area contributed by atoms with Crippen molar-refractivity contribution in [3.63, 3.8) is 0 Å². The molecule has 0 heterocycles. The normalized spacial score (nSPS) is 15.7. The average molecular weight is 238 g/mol. The molecule has 0 aromatic heterocycles. The first kappa shape index (κ1) is 13.5. The van der Waals surface area contributed by atoms with Gasteiger partial charge in [0.15, 0.2) is 0 Å². The molecule has 0 aliphatic carbocycles. The van der Waals surface area contributed by atoms with Crippen LogP contribution >= 0.6 is 0 Å². The number of halogens is 7. The van der Waals surface area contributed by atoms with Gasteiger partial charge in [-0.05, 0) is 0 Å². The minimum atomic E-state index is -5.86. The fourth-order valence-electron chi connectivity index (χ4n) is 0.411. The van der Waals surface area contributed by atoms with Crippen LogP contribution in [0.1, 0.15) is 0 Å². The summed E-state index contributed by atoms with van der Waals surface area (Å²) in [6, 6.07) is 0. The monoisotopic (exact) mass is 238 g/mol. The van der Waals surface area contributed by atoms with Gasteiger partial charge in [0.25, 0.3) is 0 Å². The molecule has 0 saturated heterocycles. The highest BCUT2D eigenvalue weighted by Crippen LogP contribution is 2.34. The largest absolute Gasteiger partial charge is 0.476 e. The molecule has 9 heteroatoms. The SMILES string of the molecule is O=C(O)/C(F)=C(F)/C(F)=C(\F)C(F)(F)F. The Morgan fingerprint density at radius 2 is 1.27 bits per heavy atom. The number of allylic oxidation sites excluding steroid dienone is 3. The molecule has 0 amide bonds. The number of hydrogen-bond donors (Lipinski definition) is 1. The van der Waals surface area contributed by atoms with Crippen LogP contribution in [0.15, 0.2) is 23.3 Å². The van der Waals surface area contributed by atoms with Crippen LogP contribution in [-0.4, -0.2) is 17.3 Å². The zero-order valence-corrected chi connectivity index (χ0v) is 6.50. The van der Waals surface area contributed by atoms with E-state index >= 15 is 0 Å². The van der Waals surface area contributed by atoms with Gasteiger partial charge >= 0.3 is 12.1 Å². The molecule has 0 aliphatic rings. The predicted molar refractivity (Wildman–Crippen MR) is 32.2 cm³/mol. The Balaban J connectivity index is 5.45. The third-order valence-corrected chi connectivity index (χ3v) is 1.01. The molecule has 0 aromatic rings. The molecule has 0 aromatic carbocycles. The van der Waals surface area contributed by atoms with E-state index in [1.807, 2.05) is 0 Å². The maximum Gasteiger partial charge on any atom is 0.446 e. The van der Waals surface area contributed by atoms with Crippen LogP contribution in [0.3, 0.4) is 0 Å². The van der Waals surface area contributed by atoms with Crippen molar-refractivity contribution in [2.24, 2.45) is 0 Å². The number of carbonyl (C=O) groups is 1. The summed E-state index contributed by atoms with van der Waals surface area (Å²) in [6.45, 7) is 0. The molecule has 1 N–H and O–H groups in total. The van der Waals surface area contributed by atoms with Crippen molar-refractivity contribution in [2.75, 3.05) is 0 Å². The maximum absolute atomic E-state index is 12.2. The summed E-state index contributed by atoms with van der Waals surface area (Å²) < 4.78 is 82.4. The van der Waals surface area contributed by atoms with Crippen LogP contribution < -0.4 is 0 Å². The van der Waals surface area contributed by atoms with Gasteiger partial charge in [-0.1, -0.05) is 0 Å². The summed E-state index contributed by atoms with van der Waals surface area (Å²) in [4.78, 5) is 9.65. The molecular formula is C6HF7O2. The molecule has 0 spiro atoms. The highest BCUT2D eigenvalue weighted by atomic mass is 19.4. The molecule has 2 nitrogen and oxygen atoms in total. The van der Waals surface area contributed by atoms with Crippen LogP contribution in [0.5, 0.6) is 0 Å². The molecule has 0 rings (SSSR count). The number of hydrogen-bond acceptors (Lipinski definition) is 1. The van der Waals surface area contributed by atoms with Gasteiger partial charge in [-0.2, -0.15) is 22.0 Å². The number of alkyl halides is 3. The second-order valence-corrected chi connectivity index (χ2v) is 2.06. The summed E-state index contributed by atoms with van der Waals surface area (Å²) in [5.74, 6) is -15.4. The highest BCUT2D eigenvalue weighted by Gasteiger charge is 2.40. The van der Waals surface area contributed by atoms with Gasteiger partial charge in [-0.25, -0.2) is 13.6 Å². The standard InChI is InChI=1S/C6HF7O2/c7-1(3(9)5(14)15)2(8)4(10)6(11,12)13/h(H,14,15)/b3-1+,4-2+. The lowest BCUT2D eigenvalue weighted by Gasteiger charge is -2.03. The van der Waals surface area contributed by atoms with Crippen LogP contribution in [-0.2, 0) is 4.79 Å². The van der Waals surface area contributed by atoms with Crippen molar-refractivity contribution in [2.45, 2.75) is 6.18 Å². The van der Waals surface area contributed by atoms with E-state index in [1.165, 1.54) is 0 Å². The lowest BCUT2D eigenvalue weighted by atomic mass is 10.3. The smallest absolute Gasteiger partial charge is 0.446 e. The summed E-state index contributed by atoms with van der Waals surface area (Å²) in [5.41, 5.74) is 0. The summed E-state index contributed by atoms with van der Waals surface area (Å²) >= 11 is 0. The first-order valence-corrected chi connectivity index (χ1v) is 3.00. The van der Waals surface area contributed by atoms with E-state index in [1.54, 1.807) is 0 Å². The summed E-state index contributed by atoms with van der Waals surface area (Å²) in [7, 11) is 0. The predicted octanol–water partition coefficient (Wildman–Crippen LogP) is 2.93. The lowest BCUT2D eigenvalue weighted by Crippen LogP contribution is -2.10. The topological polar surface area (TPSA) is 37.3 Å². The van der Waals surface area contributed by atoms with Gasteiger partial charge in [0, 0.05) is 0 Å². The number of rotatable bonds is 2. The van der Waals surface area contributed by atoms with Gasteiger partial charge in [0.05, 0.1) is 0 Å². The van der Waals surface area contributed by atoms with E-state index in [-0.39, 0.29) is 0 Å². The van der Waals surface area contributed by atoms with Crippen molar-refractivity contribution in [3.8, 4) is 0 Å². The Bertz CT molecular complexity index is 338. The third kappa shape index (κ3) is 3.26. The first-order chi connectivity index (χ1) is 6.59. The van der Waals surface area contributed by atoms with Gasteiger partial charge in [0.2, 0.25) is 23.3 Å². The van der Waals surface area contributed by atoms with Crippen molar-refractivity contribution in [1.29, 1.82) is 0 Å². The van der Waals surface area contributed by atoms with Gasteiger partial charge in [0.1, 0.15) is 0 Å². The van der Waals surface area contributed by atoms with Crippen molar-refractivity contribution in [3.05, 3.63) is 23.3 Å². The summed E-state index contributed by atoms with van der Waals surface area (Å²) in [5, 5.41) is 7.72. The fourth-order valence-corrected chi connectivity index (χ4v) is 0.411. The number of aliphatic carboxylic acids is 1. The molecule has 0 unspecified atom stereocenters. The molecule has 0 saturated carbocycles. The Morgan fingerprint density at radius 1 is 0.867 bits per heavy atom. The molecular weight excluding hydrogens is 237 g/mol. The molecule has 86 valence electrons. The lowest BCUT2D eigenvalue weighted by molar-refractivity contribution is -0.134. The Hall–Kier alpha value is -1.54. The van der Waals surface area contributed by atoms with E-state index in [9.17, 15) is 35.5 Å². The van der Waals surface area contributed by atoms with E-state index in [0.717, 1.165) is 0 Å². The Kier molecular flexibility index (Phi) is 3.88. The van der Waals surface area contributed by atoms with Gasteiger partial charge in [-0.15, -0.1) is 0 Å². The molecule has 0 bridgehead atoms. The van der Waals surface area contributed by atoms with Crippen LogP contribution in [0.2, 0.25) is 0 Å². The molecule has 0 fully saturated rings. The van der Waals surface area contributed by atoms with Crippen molar-refractivity contribution >= 4 is 5.97 Å². The van der Waals surface area contributed by atoms with E-state index < -0.39 is 35.5 Å². The van der Waals surface area contributed by atoms with Gasteiger partial charge in [-0.3, -0.25) is 0 Å². The Labute approximate surface area is 77.3 Å². The van der Waals surface area contributed by atoms with E-state index in [4.69, 9.17) is 5.11 Å². The van der Waals surface area contributed by atoms with Gasteiger partial charge < -0.3 is 5.11 Å². The number of carboxylic acids is 1. The quantitative estimate of drug-likeness (QED) is 0.456. The number of carboxylic acid groups (broad SMARTS) is 1. The third-order valence-electron chi connectivity index (χ3n) is 1.01.